The highest BCUT2D eigenvalue weighted by Gasteiger charge is 2.34. The van der Waals surface area contributed by atoms with E-state index in [9.17, 15) is 9.90 Å². The van der Waals surface area contributed by atoms with Gasteiger partial charge in [0.2, 0.25) is 0 Å². The van der Waals surface area contributed by atoms with Crippen molar-refractivity contribution in [3.8, 4) is 0 Å². The maximum Gasteiger partial charge on any atom is 0.195 e. The summed E-state index contributed by atoms with van der Waals surface area (Å²) in [5, 5.41) is 12.6. The summed E-state index contributed by atoms with van der Waals surface area (Å²) < 4.78 is 0. The van der Waals surface area contributed by atoms with Crippen LogP contribution in [0.2, 0.25) is 5.02 Å². The van der Waals surface area contributed by atoms with Crippen molar-refractivity contribution in [1.82, 2.24) is 9.88 Å². The summed E-state index contributed by atoms with van der Waals surface area (Å²) in [6.07, 6.45) is 3.92. The number of likely N-dealkylation sites (tertiary alicyclic amines) is 1. The van der Waals surface area contributed by atoms with E-state index in [1.54, 1.807) is 6.20 Å². The summed E-state index contributed by atoms with van der Waals surface area (Å²) >= 11 is 6.04. The van der Waals surface area contributed by atoms with Crippen LogP contribution in [0.5, 0.6) is 0 Å². The molecule has 0 radical (unpaired) electrons. The largest absolute Gasteiger partial charge is 0.383 e. The van der Waals surface area contributed by atoms with Crippen molar-refractivity contribution in [2.75, 3.05) is 13.1 Å². The summed E-state index contributed by atoms with van der Waals surface area (Å²) in [6.45, 7) is 1.76. The molecule has 27 heavy (non-hydrogen) atoms. The Morgan fingerprint density at radius 1 is 1.04 bits per heavy atom. The number of ketones is 1. The van der Waals surface area contributed by atoms with E-state index in [0.29, 0.717) is 10.6 Å². The van der Waals surface area contributed by atoms with Gasteiger partial charge in [0.05, 0.1) is 6.04 Å². The third-order valence-electron chi connectivity index (χ3n) is 5.42. The van der Waals surface area contributed by atoms with Gasteiger partial charge in [-0.2, -0.15) is 0 Å². The number of hydrogen-bond acceptors (Lipinski definition) is 3. The molecule has 0 spiro atoms. The highest BCUT2D eigenvalue weighted by Crippen LogP contribution is 2.31. The van der Waals surface area contributed by atoms with E-state index in [0.717, 1.165) is 42.4 Å². The van der Waals surface area contributed by atoms with Crippen LogP contribution in [0.15, 0.2) is 54.7 Å². The van der Waals surface area contributed by atoms with Crippen molar-refractivity contribution in [1.29, 1.82) is 0 Å². The Balaban J connectivity index is 1.69. The Labute approximate surface area is 163 Å². The Morgan fingerprint density at radius 2 is 1.74 bits per heavy atom. The first-order valence-corrected chi connectivity index (χ1v) is 9.81. The molecule has 4 rings (SSSR count). The topological polar surface area (TPSA) is 56.3 Å². The SMILES string of the molecule is O=C(c1c[nH]c2ccccc12)[C@H](O)[C@@H](c1ccc(Cl)cc1)N1CCCCC1. The molecule has 1 aliphatic heterocycles. The first-order chi connectivity index (χ1) is 13.1. The number of nitrogens with zero attached hydrogens (tertiary/aromatic N) is 1. The number of Topliss-reactive ketones (excluding diaryl/α,β-unsaturated/α-hetero) is 1. The molecule has 2 aromatic carbocycles. The number of piperidine rings is 1. The molecule has 2 atom stereocenters. The Hall–Kier alpha value is -2.14. The van der Waals surface area contributed by atoms with Crippen LogP contribution < -0.4 is 0 Å². The van der Waals surface area contributed by atoms with E-state index in [1.165, 1.54) is 6.42 Å². The van der Waals surface area contributed by atoms with Crippen molar-refractivity contribution in [2.45, 2.75) is 31.4 Å². The molecule has 5 heteroatoms. The number of H-pyrrole nitrogens is 1. The standard InChI is InChI=1S/C22H23ClN2O2/c23-16-10-8-15(9-11-16)20(25-12-4-1-5-13-25)22(27)21(26)18-14-24-19-7-3-2-6-17(18)19/h2-3,6-11,14,20,22,24,27H,1,4-5,12-13H2/t20-,22-/m1/s1. The van der Waals surface area contributed by atoms with Crippen molar-refractivity contribution in [3.63, 3.8) is 0 Å². The molecule has 0 saturated carbocycles. The molecule has 2 heterocycles. The molecule has 0 amide bonds. The average Bonchev–Trinajstić information content (AvgIpc) is 3.14. The zero-order valence-corrected chi connectivity index (χ0v) is 15.8. The monoisotopic (exact) mass is 382 g/mol. The van der Waals surface area contributed by atoms with Crippen LogP contribution >= 0.6 is 11.6 Å². The lowest BCUT2D eigenvalue weighted by atomic mass is 9.92. The number of aliphatic hydroxyl groups is 1. The summed E-state index contributed by atoms with van der Waals surface area (Å²) in [5.74, 6) is -0.252. The predicted molar refractivity (Wildman–Crippen MR) is 108 cm³/mol. The van der Waals surface area contributed by atoms with Gasteiger partial charge in [0.1, 0.15) is 6.10 Å². The van der Waals surface area contributed by atoms with E-state index in [4.69, 9.17) is 11.6 Å². The number of aromatic nitrogens is 1. The number of fused-ring (bicyclic) bond motifs is 1. The lowest BCUT2D eigenvalue weighted by molar-refractivity contribution is 0.0324. The van der Waals surface area contributed by atoms with Gasteiger partial charge in [0, 0.05) is 27.7 Å². The lowest BCUT2D eigenvalue weighted by Crippen LogP contribution is -2.43. The second kappa shape index (κ2) is 7.85. The number of para-hydroxylation sites is 1. The molecular weight excluding hydrogens is 360 g/mol. The summed E-state index contributed by atoms with van der Waals surface area (Å²) in [4.78, 5) is 18.6. The maximum atomic E-state index is 13.2. The second-order valence-electron chi connectivity index (χ2n) is 7.15. The third kappa shape index (κ3) is 3.65. The van der Waals surface area contributed by atoms with Crippen LogP contribution in [0.4, 0.5) is 0 Å². The minimum absolute atomic E-state index is 0.252. The number of halogens is 1. The minimum Gasteiger partial charge on any atom is -0.383 e. The second-order valence-corrected chi connectivity index (χ2v) is 7.59. The minimum atomic E-state index is -1.14. The smallest absolute Gasteiger partial charge is 0.195 e. The van der Waals surface area contributed by atoms with Gasteiger partial charge in [0.25, 0.3) is 0 Å². The van der Waals surface area contributed by atoms with Crippen molar-refractivity contribution < 1.29 is 9.90 Å². The molecule has 140 valence electrons. The van der Waals surface area contributed by atoms with Crippen molar-refractivity contribution in [2.24, 2.45) is 0 Å². The zero-order chi connectivity index (χ0) is 18.8. The molecule has 1 aliphatic rings. The Kier molecular flexibility index (Phi) is 5.30. The molecule has 3 aromatic rings. The molecule has 1 aromatic heterocycles. The number of aliphatic hydroxyl groups excluding tert-OH is 1. The Morgan fingerprint density at radius 3 is 2.48 bits per heavy atom. The predicted octanol–water partition coefficient (Wildman–Crippen LogP) is 4.59. The number of rotatable bonds is 5. The van der Waals surface area contributed by atoms with Crippen LogP contribution in [0.25, 0.3) is 10.9 Å². The first-order valence-electron chi connectivity index (χ1n) is 9.43. The Bertz CT molecular complexity index is 929. The van der Waals surface area contributed by atoms with E-state index in [1.807, 2.05) is 48.5 Å². The average molecular weight is 383 g/mol. The van der Waals surface area contributed by atoms with Crippen LogP contribution in [0, 0.1) is 0 Å². The quantitative estimate of drug-likeness (QED) is 0.634. The fourth-order valence-corrected chi connectivity index (χ4v) is 4.15. The highest BCUT2D eigenvalue weighted by molar-refractivity contribution is 6.30. The van der Waals surface area contributed by atoms with Crippen molar-refractivity contribution >= 4 is 28.3 Å². The molecule has 1 saturated heterocycles. The van der Waals surface area contributed by atoms with Gasteiger partial charge >= 0.3 is 0 Å². The fraction of sp³-hybridized carbons (Fsp3) is 0.318. The molecule has 0 aliphatic carbocycles. The van der Waals surface area contributed by atoms with E-state index in [2.05, 4.69) is 9.88 Å². The number of hydrogen-bond donors (Lipinski definition) is 2. The first kappa shape index (κ1) is 18.2. The molecular formula is C22H23ClN2O2. The van der Waals surface area contributed by atoms with E-state index in [-0.39, 0.29) is 11.8 Å². The number of carbonyl (C=O) groups excluding carboxylic acids is 1. The van der Waals surface area contributed by atoms with Gasteiger partial charge in [-0.25, -0.2) is 0 Å². The van der Waals surface area contributed by atoms with Crippen LogP contribution in [0.1, 0.15) is 41.2 Å². The van der Waals surface area contributed by atoms with Gasteiger partial charge in [-0.15, -0.1) is 0 Å². The van der Waals surface area contributed by atoms with Crippen LogP contribution in [-0.2, 0) is 0 Å². The number of benzene rings is 2. The molecule has 4 nitrogen and oxygen atoms in total. The number of nitrogens with one attached hydrogen (secondary N) is 1. The maximum absolute atomic E-state index is 13.2. The van der Waals surface area contributed by atoms with Gasteiger partial charge < -0.3 is 10.1 Å². The number of aromatic amines is 1. The van der Waals surface area contributed by atoms with E-state index < -0.39 is 6.10 Å². The zero-order valence-electron chi connectivity index (χ0n) is 15.1. The molecule has 1 fully saturated rings. The summed E-state index contributed by atoms with van der Waals surface area (Å²) in [7, 11) is 0. The van der Waals surface area contributed by atoms with Gasteiger partial charge in [-0.1, -0.05) is 48.4 Å². The van der Waals surface area contributed by atoms with E-state index >= 15 is 0 Å². The lowest BCUT2D eigenvalue weighted by Gasteiger charge is -2.37. The molecule has 0 bridgehead atoms. The van der Waals surface area contributed by atoms with Gasteiger partial charge in [0.15, 0.2) is 5.78 Å². The van der Waals surface area contributed by atoms with Gasteiger partial charge in [-0.05, 0) is 49.7 Å². The molecule has 2 N–H and O–H groups in total. The fourth-order valence-electron chi connectivity index (χ4n) is 4.03. The number of carbonyl (C=O) groups is 1. The normalized spacial score (nSPS) is 17.7. The summed E-state index contributed by atoms with van der Waals surface area (Å²) in [5.41, 5.74) is 2.35. The summed E-state index contributed by atoms with van der Waals surface area (Å²) in [6, 6.07) is 14.7. The van der Waals surface area contributed by atoms with Gasteiger partial charge in [-0.3, -0.25) is 9.69 Å². The highest BCUT2D eigenvalue weighted by atomic mass is 35.5. The van der Waals surface area contributed by atoms with Crippen LogP contribution in [0.3, 0.4) is 0 Å². The molecule has 0 unspecified atom stereocenters. The van der Waals surface area contributed by atoms with Crippen molar-refractivity contribution in [3.05, 3.63) is 70.9 Å². The third-order valence-corrected chi connectivity index (χ3v) is 5.67. The van der Waals surface area contributed by atoms with Crippen LogP contribution in [-0.4, -0.2) is 40.0 Å².